The van der Waals surface area contributed by atoms with E-state index in [9.17, 15) is 0 Å². The van der Waals surface area contributed by atoms with Crippen molar-refractivity contribution in [2.24, 2.45) is 0 Å². The molecule has 0 aromatic heterocycles. The van der Waals surface area contributed by atoms with Crippen LogP contribution in [0.25, 0.3) is 0 Å². The molecule has 0 saturated heterocycles. The normalized spacial score (nSPS) is 8.67. The fraction of sp³-hybridized carbons (Fsp3) is 1.00. The van der Waals surface area contributed by atoms with Crippen molar-refractivity contribution < 1.29 is 0 Å². The third-order valence-electron chi connectivity index (χ3n) is 1.28. The summed E-state index contributed by atoms with van der Waals surface area (Å²) < 4.78 is 0. The van der Waals surface area contributed by atoms with Gasteiger partial charge in [0, 0.05) is 0 Å². The predicted octanol–water partition coefficient (Wildman–Crippen LogP) is 2.21. The van der Waals surface area contributed by atoms with Crippen LogP contribution < -0.4 is 5.32 Å². The average molecular weight is 152 g/mol. The quantitative estimate of drug-likeness (QED) is 0.595. The highest BCUT2D eigenvalue weighted by Gasteiger charge is 1.82. The van der Waals surface area contributed by atoms with Crippen LogP contribution in [0.5, 0.6) is 0 Å². The van der Waals surface area contributed by atoms with Crippen molar-refractivity contribution in [2.45, 2.75) is 32.6 Å². The third-order valence-corrected chi connectivity index (χ3v) is 1.28. The molecular formula is C7H18ClN. The van der Waals surface area contributed by atoms with E-state index in [4.69, 9.17) is 0 Å². The van der Waals surface area contributed by atoms with Crippen molar-refractivity contribution in [1.29, 1.82) is 0 Å². The largest absolute Gasteiger partial charge is 0.320 e. The summed E-state index contributed by atoms with van der Waals surface area (Å²) in [6.07, 6.45) is 5.45. The molecule has 0 aliphatic heterocycles. The molecule has 2 heteroatoms. The molecule has 58 valence electrons. The van der Waals surface area contributed by atoms with E-state index in [2.05, 4.69) is 12.2 Å². The molecule has 0 radical (unpaired) electrons. The monoisotopic (exact) mass is 151 g/mol. The van der Waals surface area contributed by atoms with Gasteiger partial charge in [0.05, 0.1) is 0 Å². The van der Waals surface area contributed by atoms with E-state index >= 15 is 0 Å². The highest BCUT2D eigenvalue weighted by molar-refractivity contribution is 5.85. The standard InChI is InChI=1S/C7H17N.ClH/c1-3-4-5-6-7-8-2;/h8H,3-7H2,1-2H3;1H. The van der Waals surface area contributed by atoms with Crippen molar-refractivity contribution in [3.63, 3.8) is 0 Å². The maximum absolute atomic E-state index is 3.13. The molecule has 0 aromatic carbocycles. The summed E-state index contributed by atoms with van der Waals surface area (Å²) in [5.74, 6) is 0. The zero-order valence-corrected chi connectivity index (χ0v) is 7.26. The zero-order chi connectivity index (χ0) is 6.24. The van der Waals surface area contributed by atoms with E-state index in [1.807, 2.05) is 7.05 Å². The van der Waals surface area contributed by atoms with E-state index in [-0.39, 0.29) is 12.4 Å². The molecular weight excluding hydrogens is 134 g/mol. The van der Waals surface area contributed by atoms with Gasteiger partial charge in [-0.3, -0.25) is 0 Å². The minimum absolute atomic E-state index is 0. The summed E-state index contributed by atoms with van der Waals surface area (Å²) >= 11 is 0. The number of nitrogens with one attached hydrogen (secondary N) is 1. The molecule has 0 fully saturated rings. The summed E-state index contributed by atoms with van der Waals surface area (Å²) in [5.41, 5.74) is 0. The van der Waals surface area contributed by atoms with Crippen LogP contribution >= 0.6 is 12.4 Å². The topological polar surface area (TPSA) is 12.0 Å². The average Bonchev–Trinajstić information content (AvgIpc) is 1.81. The van der Waals surface area contributed by atoms with Crippen LogP contribution in [0.15, 0.2) is 0 Å². The Kier molecular flexibility index (Phi) is 14.8. The van der Waals surface area contributed by atoms with Gasteiger partial charge in [0.2, 0.25) is 0 Å². The molecule has 0 aromatic rings. The van der Waals surface area contributed by atoms with Crippen LogP contribution in [0.2, 0.25) is 0 Å². The van der Waals surface area contributed by atoms with Gasteiger partial charge in [-0.25, -0.2) is 0 Å². The van der Waals surface area contributed by atoms with E-state index < -0.39 is 0 Å². The summed E-state index contributed by atoms with van der Waals surface area (Å²) in [6.45, 7) is 3.42. The Labute approximate surface area is 64.6 Å². The molecule has 0 bridgehead atoms. The van der Waals surface area contributed by atoms with Gasteiger partial charge in [0.25, 0.3) is 0 Å². The number of hydrogen-bond acceptors (Lipinski definition) is 1. The number of hydrogen-bond donors (Lipinski definition) is 1. The first-order valence-electron chi connectivity index (χ1n) is 3.56. The fourth-order valence-electron chi connectivity index (χ4n) is 0.729. The van der Waals surface area contributed by atoms with Crippen LogP contribution in [0.1, 0.15) is 32.6 Å². The fourth-order valence-corrected chi connectivity index (χ4v) is 0.729. The van der Waals surface area contributed by atoms with E-state index in [1.54, 1.807) is 0 Å². The smallest absolute Gasteiger partial charge is 0.00519 e. The van der Waals surface area contributed by atoms with E-state index in [0.717, 1.165) is 0 Å². The number of rotatable bonds is 5. The first-order valence-corrected chi connectivity index (χ1v) is 3.56. The van der Waals surface area contributed by atoms with Crippen LogP contribution in [0, 0.1) is 0 Å². The molecule has 0 unspecified atom stereocenters. The Bertz CT molecular complexity index is 33.9. The lowest BCUT2D eigenvalue weighted by Crippen LogP contribution is -2.06. The Balaban J connectivity index is 0. The highest BCUT2D eigenvalue weighted by Crippen LogP contribution is 1.96. The molecule has 9 heavy (non-hydrogen) atoms. The number of unbranched alkanes of at least 4 members (excludes halogenated alkanes) is 3. The van der Waals surface area contributed by atoms with Crippen molar-refractivity contribution >= 4 is 12.4 Å². The summed E-state index contributed by atoms with van der Waals surface area (Å²) in [7, 11) is 2.01. The Morgan fingerprint density at radius 1 is 1.11 bits per heavy atom. The summed E-state index contributed by atoms with van der Waals surface area (Å²) in [4.78, 5) is 0. The predicted molar refractivity (Wildman–Crippen MR) is 45.3 cm³/mol. The van der Waals surface area contributed by atoms with Gasteiger partial charge in [0.15, 0.2) is 0 Å². The van der Waals surface area contributed by atoms with E-state index in [1.165, 1.54) is 32.2 Å². The molecule has 0 atom stereocenters. The van der Waals surface area contributed by atoms with Crippen molar-refractivity contribution in [2.75, 3.05) is 13.6 Å². The molecule has 1 nitrogen and oxygen atoms in total. The molecule has 0 heterocycles. The highest BCUT2D eigenvalue weighted by atomic mass is 35.5. The Hall–Kier alpha value is 0.250. The van der Waals surface area contributed by atoms with Crippen molar-refractivity contribution in [3.8, 4) is 0 Å². The van der Waals surface area contributed by atoms with Crippen LogP contribution in [-0.2, 0) is 0 Å². The van der Waals surface area contributed by atoms with Crippen LogP contribution in [0.3, 0.4) is 0 Å². The second-order valence-corrected chi connectivity index (χ2v) is 2.16. The van der Waals surface area contributed by atoms with Gasteiger partial charge in [-0.1, -0.05) is 26.2 Å². The minimum Gasteiger partial charge on any atom is -0.320 e. The van der Waals surface area contributed by atoms with Gasteiger partial charge in [0.1, 0.15) is 0 Å². The van der Waals surface area contributed by atoms with Gasteiger partial charge in [-0.15, -0.1) is 12.4 Å². The zero-order valence-electron chi connectivity index (χ0n) is 6.44. The minimum atomic E-state index is 0. The van der Waals surface area contributed by atoms with Crippen LogP contribution in [-0.4, -0.2) is 13.6 Å². The Morgan fingerprint density at radius 2 is 1.78 bits per heavy atom. The van der Waals surface area contributed by atoms with Crippen molar-refractivity contribution in [1.82, 2.24) is 5.32 Å². The molecule has 0 aliphatic rings. The third kappa shape index (κ3) is 11.7. The molecule has 0 amide bonds. The van der Waals surface area contributed by atoms with Gasteiger partial charge < -0.3 is 5.32 Å². The van der Waals surface area contributed by atoms with Gasteiger partial charge >= 0.3 is 0 Å². The molecule has 0 saturated carbocycles. The first kappa shape index (κ1) is 12.0. The lowest BCUT2D eigenvalue weighted by molar-refractivity contribution is 0.634. The molecule has 1 N–H and O–H groups in total. The van der Waals surface area contributed by atoms with Crippen molar-refractivity contribution in [3.05, 3.63) is 0 Å². The summed E-state index contributed by atoms with van der Waals surface area (Å²) in [5, 5.41) is 3.13. The maximum atomic E-state index is 3.13. The first-order chi connectivity index (χ1) is 3.91. The number of halogens is 1. The second kappa shape index (κ2) is 11.1. The summed E-state index contributed by atoms with van der Waals surface area (Å²) in [6, 6.07) is 0. The SMILES string of the molecule is CCCCCCNC.Cl. The van der Waals surface area contributed by atoms with Gasteiger partial charge in [-0.05, 0) is 20.0 Å². The molecule has 0 rings (SSSR count). The van der Waals surface area contributed by atoms with Crippen LogP contribution in [0.4, 0.5) is 0 Å². The van der Waals surface area contributed by atoms with Gasteiger partial charge in [-0.2, -0.15) is 0 Å². The molecule has 0 aliphatic carbocycles. The Morgan fingerprint density at radius 3 is 2.22 bits per heavy atom. The maximum Gasteiger partial charge on any atom is -0.00519 e. The molecule has 0 spiro atoms. The lowest BCUT2D eigenvalue weighted by atomic mass is 10.2. The lowest BCUT2D eigenvalue weighted by Gasteiger charge is -1.95. The van der Waals surface area contributed by atoms with E-state index in [0.29, 0.717) is 0 Å². The second-order valence-electron chi connectivity index (χ2n) is 2.16.